The van der Waals surface area contributed by atoms with E-state index in [-0.39, 0.29) is 18.1 Å². The number of halogens is 3. The number of carbonyl (C=O) groups excluding carboxylic acids is 2. The summed E-state index contributed by atoms with van der Waals surface area (Å²) in [5, 5.41) is 12.7. The molecular formula is C22H19F3N6O4. The molecule has 1 aromatic carbocycles. The van der Waals surface area contributed by atoms with E-state index in [2.05, 4.69) is 20.3 Å². The van der Waals surface area contributed by atoms with Gasteiger partial charge in [0.2, 0.25) is 5.75 Å². The molecule has 1 fully saturated rings. The number of alkyl halides is 2. The number of rotatable bonds is 5. The number of nitrogens with one attached hydrogen (secondary N) is 1. The van der Waals surface area contributed by atoms with Crippen LogP contribution in [0, 0.1) is 5.82 Å². The number of carbonyl (C=O) groups is 2. The van der Waals surface area contributed by atoms with Crippen LogP contribution in [0.1, 0.15) is 44.8 Å². The van der Waals surface area contributed by atoms with E-state index in [1.54, 1.807) is 0 Å². The Hall–Kier alpha value is -4.29. The van der Waals surface area contributed by atoms with Crippen molar-refractivity contribution in [2.75, 3.05) is 6.54 Å². The predicted molar refractivity (Wildman–Crippen MR) is 114 cm³/mol. The molecule has 1 aliphatic rings. The fourth-order valence-electron chi connectivity index (χ4n) is 3.75. The minimum absolute atomic E-state index is 0.0798. The highest BCUT2D eigenvalue weighted by Gasteiger charge is 2.49. The molecule has 0 bridgehead atoms. The van der Waals surface area contributed by atoms with Crippen LogP contribution in [0.2, 0.25) is 0 Å². The van der Waals surface area contributed by atoms with Gasteiger partial charge in [0.25, 0.3) is 23.3 Å². The summed E-state index contributed by atoms with van der Waals surface area (Å²) < 4.78 is 42.7. The Morgan fingerprint density at radius 2 is 1.94 bits per heavy atom. The van der Waals surface area contributed by atoms with E-state index in [1.807, 2.05) is 0 Å². The van der Waals surface area contributed by atoms with Crippen LogP contribution in [0.3, 0.4) is 0 Å². The van der Waals surface area contributed by atoms with E-state index in [1.165, 1.54) is 43.7 Å². The molecule has 2 N–H and O–H groups in total. The SMILES string of the molecule is Cn1c(C2CC(F)(F)CN2C(=O)c2cnccn2)nc(C(=O)NCc2ccc(F)cc2)c(O)c1=O. The van der Waals surface area contributed by atoms with Gasteiger partial charge in [-0.05, 0) is 17.7 Å². The van der Waals surface area contributed by atoms with E-state index < -0.39 is 59.6 Å². The van der Waals surface area contributed by atoms with Crippen LogP contribution < -0.4 is 10.9 Å². The topological polar surface area (TPSA) is 130 Å². The highest BCUT2D eigenvalue weighted by atomic mass is 19.3. The van der Waals surface area contributed by atoms with Gasteiger partial charge in [-0.15, -0.1) is 0 Å². The lowest BCUT2D eigenvalue weighted by molar-refractivity contribution is 0.0116. The van der Waals surface area contributed by atoms with Gasteiger partial charge in [0.15, 0.2) is 5.69 Å². The molecule has 182 valence electrons. The van der Waals surface area contributed by atoms with Crippen LogP contribution in [-0.4, -0.2) is 53.8 Å². The molecule has 2 aromatic heterocycles. The van der Waals surface area contributed by atoms with Gasteiger partial charge in [-0.3, -0.25) is 23.9 Å². The molecule has 1 atom stereocenters. The first kappa shape index (κ1) is 23.9. The van der Waals surface area contributed by atoms with Crippen molar-refractivity contribution >= 4 is 11.8 Å². The molecular weight excluding hydrogens is 469 g/mol. The normalized spacial score (nSPS) is 16.8. The first-order chi connectivity index (χ1) is 16.6. The van der Waals surface area contributed by atoms with E-state index in [4.69, 9.17) is 0 Å². The van der Waals surface area contributed by atoms with Gasteiger partial charge < -0.3 is 15.3 Å². The monoisotopic (exact) mass is 488 g/mol. The Morgan fingerprint density at radius 1 is 1.23 bits per heavy atom. The molecule has 0 spiro atoms. The van der Waals surface area contributed by atoms with Gasteiger partial charge >= 0.3 is 0 Å². The third-order valence-electron chi connectivity index (χ3n) is 5.49. The summed E-state index contributed by atoms with van der Waals surface area (Å²) in [6, 6.07) is 3.85. The molecule has 1 saturated heterocycles. The van der Waals surface area contributed by atoms with Gasteiger partial charge in [0.05, 0.1) is 18.8 Å². The Morgan fingerprint density at radius 3 is 2.60 bits per heavy atom. The molecule has 0 radical (unpaired) electrons. The van der Waals surface area contributed by atoms with Crippen molar-refractivity contribution in [1.82, 2.24) is 29.7 Å². The van der Waals surface area contributed by atoms with Crippen molar-refractivity contribution in [2.24, 2.45) is 7.05 Å². The second-order valence-corrected chi connectivity index (χ2v) is 7.94. The maximum absolute atomic E-state index is 14.4. The number of aromatic hydroxyl groups is 1. The van der Waals surface area contributed by atoms with Gasteiger partial charge in [0.1, 0.15) is 17.3 Å². The van der Waals surface area contributed by atoms with Crippen LogP contribution in [0.25, 0.3) is 0 Å². The summed E-state index contributed by atoms with van der Waals surface area (Å²) >= 11 is 0. The molecule has 3 aromatic rings. The third-order valence-corrected chi connectivity index (χ3v) is 5.49. The molecule has 1 aliphatic heterocycles. The van der Waals surface area contributed by atoms with Crippen molar-refractivity contribution in [3.8, 4) is 5.75 Å². The van der Waals surface area contributed by atoms with Crippen LogP contribution in [0.5, 0.6) is 5.75 Å². The first-order valence-corrected chi connectivity index (χ1v) is 10.3. The molecule has 4 rings (SSSR count). The number of aromatic nitrogens is 4. The highest BCUT2D eigenvalue weighted by Crippen LogP contribution is 2.41. The zero-order chi connectivity index (χ0) is 25.3. The Kier molecular flexibility index (Phi) is 6.24. The Balaban J connectivity index is 1.68. The van der Waals surface area contributed by atoms with Crippen molar-refractivity contribution in [3.05, 3.63) is 81.8 Å². The molecule has 0 saturated carbocycles. The van der Waals surface area contributed by atoms with Crippen molar-refractivity contribution in [3.63, 3.8) is 0 Å². The fraction of sp³-hybridized carbons (Fsp3) is 0.273. The van der Waals surface area contributed by atoms with E-state index in [0.29, 0.717) is 5.56 Å². The van der Waals surface area contributed by atoms with Crippen molar-refractivity contribution in [1.29, 1.82) is 0 Å². The second kappa shape index (κ2) is 9.16. The predicted octanol–water partition coefficient (Wildman–Crippen LogP) is 1.57. The average molecular weight is 488 g/mol. The van der Waals surface area contributed by atoms with Gasteiger partial charge in [0, 0.05) is 32.4 Å². The summed E-state index contributed by atoms with van der Waals surface area (Å²) in [4.78, 5) is 50.7. The van der Waals surface area contributed by atoms with Crippen LogP contribution in [0.4, 0.5) is 13.2 Å². The fourth-order valence-corrected chi connectivity index (χ4v) is 3.75. The van der Waals surface area contributed by atoms with Gasteiger partial charge in [-0.25, -0.2) is 23.1 Å². The maximum Gasteiger partial charge on any atom is 0.296 e. The van der Waals surface area contributed by atoms with Crippen molar-refractivity contribution in [2.45, 2.75) is 24.9 Å². The number of nitrogens with zero attached hydrogens (tertiary/aromatic N) is 5. The third kappa shape index (κ3) is 4.83. The first-order valence-electron chi connectivity index (χ1n) is 10.3. The number of benzene rings is 1. The van der Waals surface area contributed by atoms with Gasteiger partial charge in [-0.1, -0.05) is 12.1 Å². The minimum atomic E-state index is -3.30. The van der Waals surface area contributed by atoms with Crippen LogP contribution in [0.15, 0.2) is 47.7 Å². The van der Waals surface area contributed by atoms with Gasteiger partial charge in [-0.2, -0.15) is 0 Å². The summed E-state index contributed by atoms with van der Waals surface area (Å²) in [5.74, 6) is -6.88. The van der Waals surface area contributed by atoms with Crippen LogP contribution >= 0.6 is 0 Å². The summed E-state index contributed by atoms with van der Waals surface area (Å²) in [5.41, 5.74) is -1.40. The molecule has 2 amide bonds. The average Bonchev–Trinajstić information content (AvgIpc) is 3.17. The standard InChI is InChI=1S/C22H19F3N6O4/c1-30-18(15-8-22(24,25)11-31(15)20(34)14-10-26-6-7-27-14)29-16(17(32)21(30)35)19(33)28-9-12-2-4-13(23)5-3-12/h2-7,10,15,32H,8-9,11H2,1H3,(H,28,33). The van der Waals surface area contributed by atoms with E-state index in [0.717, 1.165) is 15.7 Å². The number of likely N-dealkylation sites (tertiary alicyclic amines) is 1. The molecule has 3 heterocycles. The smallest absolute Gasteiger partial charge is 0.296 e. The molecule has 13 heteroatoms. The lowest BCUT2D eigenvalue weighted by Crippen LogP contribution is -2.37. The zero-order valence-corrected chi connectivity index (χ0v) is 18.3. The quantitative estimate of drug-likeness (QED) is 0.558. The van der Waals surface area contributed by atoms with Crippen LogP contribution in [-0.2, 0) is 13.6 Å². The lowest BCUT2D eigenvalue weighted by Gasteiger charge is -2.24. The maximum atomic E-state index is 14.4. The Bertz CT molecular complexity index is 1330. The second-order valence-electron chi connectivity index (χ2n) is 7.94. The number of hydrogen-bond donors (Lipinski definition) is 2. The summed E-state index contributed by atoms with van der Waals surface area (Å²) in [6.07, 6.45) is 2.80. The lowest BCUT2D eigenvalue weighted by atomic mass is 10.1. The zero-order valence-electron chi connectivity index (χ0n) is 18.3. The number of amides is 2. The summed E-state index contributed by atoms with van der Waals surface area (Å²) in [7, 11) is 1.19. The summed E-state index contributed by atoms with van der Waals surface area (Å²) in [6.45, 7) is -1.04. The van der Waals surface area contributed by atoms with Crippen molar-refractivity contribution < 1.29 is 27.9 Å². The van der Waals surface area contributed by atoms with E-state index in [9.17, 15) is 32.7 Å². The van der Waals surface area contributed by atoms with E-state index >= 15 is 0 Å². The molecule has 35 heavy (non-hydrogen) atoms. The molecule has 1 unspecified atom stereocenters. The molecule has 0 aliphatic carbocycles. The largest absolute Gasteiger partial charge is 0.501 e. The molecule has 10 nitrogen and oxygen atoms in total. The minimum Gasteiger partial charge on any atom is -0.501 e. The highest BCUT2D eigenvalue weighted by molar-refractivity contribution is 5.95. The Labute approximate surface area is 196 Å². The number of hydrogen-bond acceptors (Lipinski definition) is 7.